The van der Waals surface area contributed by atoms with Crippen LogP contribution in [0.25, 0.3) is 0 Å². The lowest BCUT2D eigenvalue weighted by atomic mass is 10.1. The molecule has 0 atom stereocenters. The molecule has 6 heteroatoms. The van der Waals surface area contributed by atoms with E-state index in [1.54, 1.807) is 24.1 Å². The van der Waals surface area contributed by atoms with Gasteiger partial charge in [-0.25, -0.2) is 0 Å². The first kappa shape index (κ1) is 17.1. The Balaban J connectivity index is 1.57. The topological polar surface area (TPSA) is 32.3 Å². The number of anilines is 2. The lowest BCUT2D eigenvalue weighted by molar-refractivity contribution is 0.102. The van der Waals surface area contributed by atoms with Gasteiger partial charge in [0.15, 0.2) is 0 Å². The van der Waals surface area contributed by atoms with Gasteiger partial charge in [-0.2, -0.15) is 0 Å². The first-order chi connectivity index (χ1) is 12.1. The summed E-state index contributed by atoms with van der Waals surface area (Å²) in [7, 11) is 0. The van der Waals surface area contributed by atoms with Gasteiger partial charge in [-0.3, -0.25) is 4.79 Å². The van der Waals surface area contributed by atoms with E-state index in [-0.39, 0.29) is 5.91 Å². The number of amides is 1. The van der Waals surface area contributed by atoms with Gasteiger partial charge in [0.25, 0.3) is 5.91 Å². The van der Waals surface area contributed by atoms with Crippen LogP contribution in [-0.2, 0) is 0 Å². The Bertz CT molecular complexity index is 817. The highest BCUT2D eigenvalue weighted by molar-refractivity contribution is 8.00. The maximum absolute atomic E-state index is 12.7. The molecule has 0 aromatic heterocycles. The van der Waals surface area contributed by atoms with Gasteiger partial charge in [0, 0.05) is 28.7 Å². The molecule has 2 aromatic rings. The normalized spacial score (nSPS) is 17.0. The highest BCUT2D eigenvalue weighted by Gasteiger charge is 2.24. The van der Waals surface area contributed by atoms with Gasteiger partial charge in [0.2, 0.25) is 0 Å². The van der Waals surface area contributed by atoms with E-state index >= 15 is 0 Å². The smallest absolute Gasteiger partial charge is 0.257 e. The van der Waals surface area contributed by atoms with E-state index in [9.17, 15) is 4.79 Å². The van der Waals surface area contributed by atoms with Gasteiger partial charge in [-0.05, 0) is 79.1 Å². The zero-order chi connectivity index (χ0) is 17.4. The fourth-order valence-electron chi connectivity index (χ4n) is 3.03. The molecule has 1 aliphatic heterocycles. The standard InChI is InChI=1S/C19H18Cl2N2OS/c20-14-8-13(12-2-3-12)9-15(10-14)22-19(24)17-11-16(4-5-18(17)21)23-6-1-7-25-23/h4-5,8-12H,1-3,6-7H2,(H,22,24). The minimum atomic E-state index is -0.208. The lowest BCUT2D eigenvalue weighted by Crippen LogP contribution is -2.15. The van der Waals surface area contributed by atoms with E-state index in [0.717, 1.165) is 30.1 Å². The summed E-state index contributed by atoms with van der Waals surface area (Å²) in [5.74, 6) is 1.48. The minimum Gasteiger partial charge on any atom is -0.322 e. The molecule has 1 saturated heterocycles. The number of hydrogen-bond donors (Lipinski definition) is 1. The average Bonchev–Trinajstić information content (AvgIpc) is 3.30. The van der Waals surface area contributed by atoms with Crippen LogP contribution in [0.1, 0.15) is 41.1 Å². The zero-order valence-electron chi connectivity index (χ0n) is 13.6. The van der Waals surface area contributed by atoms with Crippen LogP contribution in [0.5, 0.6) is 0 Å². The molecule has 3 nitrogen and oxygen atoms in total. The SMILES string of the molecule is O=C(Nc1cc(Cl)cc(C2CC2)c1)c1cc(N2CCCS2)ccc1Cl. The number of rotatable bonds is 4. The van der Waals surface area contributed by atoms with Gasteiger partial charge in [-0.1, -0.05) is 23.2 Å². The summed E-state index contributed by atoms with van der Waals surface area (Å²) < 4.78 is 2.21. The molecule has 0 bridgehead atoms. The maximum Gasteiger partial charge on any atom is 0.257 e. The molecule has 0 spiro atoms. The van der Waals surface area contributed by atoms with Crippen LogP contribution in [0.2, 0.25) is 10.0 Å². The van der Waals surface area contributed by atoms with Crippen molar-refractivity contribution in [2.45, 2.75) is 25.2 Å². The van der Waals surface area contributed by atoms with Crippen molar-refractivity contribution in [2.24, 2.45) is 0 Å². The van der Waals surface area contributed by atoms with Gasteiger partial charge >= 0.3 is 0 Å². The molecule has 1 aliphatic carbocycles. The van der Waals surface area contributed by atoms with Crippen LogP contribution >= 0.6 is 35.1 Å². The third kappa shape index (κ3) is 3.91. The van der Waals surface area contributed by atoms with Crippen LogP contribution in [0.4, 0.5) is 11.4 Å². The molecular weight excluding hydrogens is 375 g/mol. The molecule has 1 amide bonds. The lowest BCUT2D eigenvalue weighted by Gasteiger charge is -2.17. The molecule has 1 heterocycles. The summed E-state index contributed by atoms with van der Waals surface area (Å²) in [6.07, 6.45) is 3.53. The predicted octanol–water partition coefficient (Wildman–Crippen LogP) is 5.98. The van der Waals surface area contributed by atoms with E-state index in [0.29, 0.717) is 21.5 Å². The monoisotopic (exact) mass is 392 g/mol. The molecule has 1 saturated carbocycles. The summed E-state index contributed by atoms with van der Waals surface area (Å²) in [5, 5.41) is 4.05. The molecular formula is C19H18Cl2N2OS. The zero-order valence-corrected chi connectivity index (χ0v) is 15.9. The Morgan fingerprint density at radius 2 is 2.00 bits per heavy atom. The van der Waals surface area contributed by atoms with Crippen molar-refractivity contribution in [3.8, 4) is 0 Å². The number of nitrogens with one attached hydrogen (secondary N) is 1. The number of nitrogens with zero attached hydrogens (tertiary/aromatic N) is 1. The highest BCUT2D eigenvalue weighted by atomic mass is 35.5. The summed E-state index contributed by atoms with van der Waals surface area (Å²) in [6, 6.07) is 11.4. The molecule has 0 radical (unpaired) electrons. The van der Waals surface area contributed by atoms with E-state index in [1.807, 2.05) is 24.3 Å². The van der Waals surface area contributed by atoms with Crippen molar-refractivity contribution < 1.29 is 4.79 Å². The van der Waals surface area contributed by atoms with Crippen molar-refractivity contribution in [1.29, 1.82) is 0 Å². The van der Waals surface area contributed by atoms with E-state index in [4.69, 9.17) is 23.2 Å². The molecule has 130 valence electrons. The van der Waals surface area contributed by atoms with Crippen LogP contribution in [0.15, 0.2) is 36.4 Å². The molecule has 2 fully saturated rings. The Labute approximate surface area is 161 Å². The number of benzene rings is 2. The Hall–Kier alpha value is -1.36. The van der Waals surface area contributed by atoms with Crippen molar-refractivity contribution in [3.05, 3.63) is 57.6 Å². The molecule has 0 unspecified atom stereocenters. The van der Waals surface area contributed by atoms with Crippen LogP contribution in [-0.4, -0.2) is 18.2 Å². The summed E-state index contributed by atoms with van der Waals surface area (Å²) in [6.45, 7) is 0.992. The van der Waals surface area contributed by atoms with Crippen LogP contribution in [0, 0.1) is 0 Å². The van der Waals surface area contributed by atoms with Gasteiger partial charge < -0.3 is 9.62 Å². The van der Waals surface area contributed by atoms with Crippen molar-refractivity contribution >= 4 is 52.4 Å². The second-order valence-corrected chi connectivity index (χ2v) is 8.41. The van der Waals surface area contributed by atoms with Crippen molar-refractivity contribution in [1.82, 2.24) is 0 Å². The Morgan fingerprint density at radius 1 is 1.16 bits per heavy atom. The number of halogens is 2. The van der Waals surface area contributed by atoms with Gasteiger partial charge in [0.1, 0.15) is 0 Å². The first-order valence-electron chi connectivity index (χ1n) is 8.42. The van der Waals surface area contributed by atoms with E-state index in [1.165, 1.54) is 18.4 Å². The summed E-state index contributed by atoms with van der Waals surface area (Å²) in [4.78, 5) is 12.7. The largest absolute Gasteiger partial charge is 0.322 e. The second kappa shape index (κ2) is 7.10. The molecule has 2 aliphatic rings. The third-order valence-electron chi connectivity index (χ3n) is 4.46. The fraction of sp³-hybridized carbons (Fsp3) is 0.316. The van der Waals surface area contributed by atoms with E-state index < -0.39 is 0 Å². The molecule has 2 aromatic carbocycles. The maximum atomic E-state index is 12.7. The fourth-order valence-corrected chi connectivity index (χ4v) is 4.48. The third-order valence-corrected chi connectivity index (χ3v) is 6.19. The van der Waals surface area contributed by atoms with Gasteiger partial charge in [0.05, 0.1) is 10.6 Å². The highest BCUT2D eigenvalue weighted by Crippen LogP contribution is 2.42. The summed E-state index contributed by atoms with van der Waals surface area (Å²) in [5.41, 5.74) is 3.41. The molecule has 25 heavy (non-hydrogen) atoms. The number of hydrogen-bond acceptors (Lipinski definition) is 3. The number of carbonyl (C=O) groups excluding carboxylic acids is 1. The number of carbonyl (C=O) groups is 1. The Morgan fingerprint density at radius 3 is 2.72 bits per heavy atom. The van der Waals surface area contributed by atoms with Crippen molar-refractivity contribution in [3.63, 3.8) is 0 Å². The van der Waals surface area contributed by atoms with Gasteiger partial charge in [-0.15, -0.1) is 0 Å². The van der Waals surface area contributed by atoms with Crippen LogP contribution in [0.3, 0.4) is 0 Å². The summed E-state index contributed by atoms with van der Waals surface area (Å²) >= 11 is 14.3. The molecule has 4 rings (SSSR count). The van der Waals surface area contributed by atoms with Crippen molar-refractivity contribution in [2.75, 3.05) is 21.9 Å². The first-order valence-corrected chi connectivity index (χ1v) is 10.1. The average molecular weight is 393 g/mol. The van der Waals surface area contributed by atoms with E-state index in [2.05, 4.69) is 9.62 Å². The molecule has 1 N–H and O–H groups in total. The predicted molar refractivity (Wildman–Crippen MR) is 107 cm³/mol. The van der Waals surface area contributed by atoms with Crippen LogP contribution < -0.4 is 9.62 Å². The minimum absolute atomic E-state index is 0.208. The Kier molecular flexibility index (Phi) is 4.85. The second-order valence-electron chi connectivity index (χ2n) is 6.45. The quantitative estimate of drug-likeness (QED) is 0.649.